The summed E-state index contributed by atoms with van der Waals surface area (Å²) in [6.07, 6.45) is 7.47. The number of hydrogen-bond acceptors (Lipinski definition) is 7. The van der Waals surface area contributed by atoms with Crippen molar-refractivity contribution in [1.82, 2.24) is 15.3 Å². The lowest BCUT2D eigenvalue weighted by molar-refractivity contribution is 0.101. The second-order valence-electron chi connectivity index (χ2n) is 8.62. The first kappa shape index (κ1) is 30.3. The van der Waals surface area contributed by atoms with Gasteiger partial charge in [-0.2, -0.15) is 0 Å². The van der Waals surface area contributed by atoms with Gasteiger partial charge in [0.05, 0.1) is 30.7 Å². The molecule has 0 spiro atoms. The number of carbonyl (C=O) groups excluding carboxylic acids is 1. The van der Waals surface area contributed by atoms with Crippen molar-refractivity contribution < 1.29 is 9.53 Å². The Bertz CT molecular complexity index is 895. The molecule has 3 heterocycles. The number of ketones is 1. The SMILES string of the molecule is C.C=CC(C)N[C@H](CC)CCC.CC(=O)c1ccc(C)nc1Nc1ccc(N2CCOCC2)nc1. The molecule has 2 aromatic heterocycles. The maximum absolute atomic E-state index is 11.7. The Morgan fingerprint density at radius 3 is 2.49 bits per heavy atom. The zero-order valence-electron chi connectivity index (χ0n) is 21.4. The lowest BCUT2D eigenvalue weighted by Gasteiger charge is -2.27. The van der Waals surface area contributed by atoms with Crippen LogP contribution in [-0.4, -0.2) is 54.1 Å². The van der Waals surface area contributed by atoms with Crippen LogP contribution in [0.3, 0.4) is 0 Å². The summed E-state index contributed by atoms with van der Waals surface area (Å²) in [6.45, 7) is 17.0. The van der Waals surface area contributed by atoms with Crippen LogP contribution in [0.2, 0.25) is 0 Å². The average molecular weight is 484 g/mol. The number of Topliss-reactive ketones (excluding diaryl/α,β-unsaturated/α-hetero) is 1. The van der Waals surface area contributed by atoms with Crippen LogP contribution < -0.4 is 15.5 Å². The van der Waals surface area contributed by atoms with E-state index >= 15 is 0 Å². The van der Waals surface area contributed by atoms with Gasteiger partial charge in [-0.1, -0.05) is 33.8 Å². The van der Waals surface area contributed by atoms with Crippen LogP contribution in [0, 0.1) is 6.92 Å². The lowest BCUT2D eigenvalue weighted by Crippen LogP contribution is -2.36. The largest absolute Gasteiger partial charge is 0.378 e. The molecule has 0 bridgehead atoms. The van der Waals surface area contributed by atoms with Gasteiger partial charge in [-0.15, -0.1) is 6.58 Å². The monoisotopic (exact) mass is 483 g/mol. The minimum atomic E-state index is -0.0158. The average Bonchev–Trinajstić information content (AvgIpc) is 2.85. The molecule has 1 fully saturated rings. The van der Waals surface area contributed by atoms with Crippen LogP contribution in [0.4, 0.5) is 17.3 Å². The van der Waals surface area contributed by atoms with E-state index in [0.717, 1.165) is 43.5 Å². The Morgan fingerprint density at radius 2 is 1.94 bits per heavy atom. The zero-order valence-corrected chi connectivity index (χ0v) is 21.4. The van der Waals surface area contributed by atoms with Gasteiger partial charge in [0.2, 0.25) is 0 Å². The highest BCUT2D eigenvalue weighted by Crippen LogP contribution is 2.21. The molecule has 7 heteroatoms. The Labute approximate surface area is 212 Å². The van der Waals surface area contributed by atoms with E-state index in [4.69, 9.17) is 4.74 Å². The predicted molar refractivity (Wildman–Crippen MR) is 148 cm³/mol. The van der Waals surface area contributed by atoms with E-state index in [1.54, 1.807) is 12.3 Å². The van der Waals surface area contributed by atoms with Crippen LogP contribution in [0.15, 0.2) is 43.1 Å². The molecule has 2 N–H and O–H groups in total. The smallest absolute Gasteiger partial charge is 0.163 e. The number of rotatable bonds is 10. The van der Waals surface area contributed by atoms with Crippen molar-refractivity contribution >= 4 is 23.1 Å². The zero-order chi connectivity index (χ0) is 24.9. The van der Waals surface area contributed by atoms with Crippen molar-refractivity contribution in [3.05, 3.63) is 54.4 Å². The van der Waals surface area contributed by atoms with Crippen molar-refractivity contribution in [1.29, 1.82) is 0 Å². The molecular weight excluding hydrogens is 438 g/mol. The van der Waals surface area contributed by atoms with Gasteiger partial charge in [-0.25, -0.2) is 9.97 Å². The molecule has 2 aromatic rings. The van der Waals surface area contributed by atoms with E-state index in [-0.39, 0.29) is 13.2 Å². The van der Waals surface area contributed by atoms with E-state index in [2.05, 4.69) is 52.9 Å². The number of pyridine rings is 2. The molecule has 3 rings (SSSR count). The van der Waals surface area contributed by atoms with E-state index in [0.29, 0.717) is 23.5 Å². The number of carbonyl (C=O) groups is 1. The quantitative estimate of drug-likeness (QED) is 0.320. The highest BCUT2D eigenvalue weighted by atomic mass is 16.5. The topological polar surface area (TPSA) is 79.4 Å². The summed E-state index contributed by atoms with van der Waals surface area (Å²) >= 11 is 0. The van der Waals surface area contributed by atoms with E-state index in [9.17, 15) is 4.79 Å². The first-order valence-corrected chi connectivity index (χ1v) is 12.3. The number of nitrogens with one attached hydrogen (secondary N) is 2. The van der Waals surface area contributed by atoms with E-state index < -0.39 is 0 Å². The standard InChI is InChI=1S/C17H20N4O2.C10H21N.CH4/c1-12-3-5-15(13(2)22)17(19-12)20-14-4-6-16(18-11-14)21-7-9-23-10-8-21;1-5-8-10(7-3)11-9(4)6-2;/h3-6,11H,7-10H2,1-2H3,(H,19,20);6,9-11H,2,5,7-8H2,1,3-4H3;1H4/t;9?,10-;/m.1./s1. The molecule has 194 valence electrons. The number of aryl methyl sites for hydroxylation is 1. The van der Waals surface area contributed by atoms with Gasteiger partial charge < -0.3 is 20.3 Å². The summed E-state index contributed by atoms with van der Waals surface area (Å²) in [7, 11) is 0. The summed E-state index contributed by atoms with van der Waals surface area (Å²) in [5.74, 6) is 1.49. The van der Waals surface area contributed by atoms with Gasteiger partial charge in [-0.05, 0) is 57.9 Å². The summed E-state index contributed by atoms with van der Waals surface area (Å²) in [5.41, 5.74) is 2.24. The normalized spacial score (nSPS) is 14.6. The molecule has 0 aliphatic carbocycles. The van der Waals surface area contributed by atoms with Gasteiger partial charge >= 0.3 is 0 Å². The molecule has 0 amide bonds. The van der Waals surface area contributed by atoms with Gasteiger partial charge in [-0.3, -0.25) is 4.79 Å². The van der Waals surface area contributed by atoms with Gasteiger partial charge in [0, 0.05) is 30.9 Å². The molecule has 7 nitrogen and oxygen atoms in total. The molecule has 1 aliphatic heterocycles. The predicted octanol–water partition coefficient (Wildman–Crippen LogP) is 5.93. The fourth-order valence-electron chi connectivity index (χ4n) is 3.71. The van der Waals surface area contributed by atoms with E-state index in [1.807, 2.05) is 31.2 Å². The molecule has 1 unspecified atom stereocenters. The summed E-state index contributed by atoms with van der Waals surface area (Å²) in [6, 6.07) is 8.67. The molecule has 0 aromatic carbocycles. The lowest BCUT2D eigenvalue weighted by atomic mass is 10.1. The van der Waals surface area contributed by atoms with Crippen molar-refractivity contribution in [2.45, 2.75) is 73.4 Å². The number of hydrogen-bond donors (Lipinski definition) is 2. The Balaban J connectivity index is 0.000000437. The molecule has 1 saturated heterocycles. The second kappa shape index (κ2) is 16.0. The number of aromatic nitrogens is 2. The maximum atomic E-state index is 11.7. The van der Waals surface area contributed by atoms with Crippen molar-refractivity contribution in [2.75, 3.05) is 36.5 Å². The minimum Gasteiger partial charge on any atom is -0.378 e. The molecule has 1 aliphatic rings. The van der Waals surface area contributed by atoms with Gasteiger partial charge in [0.1, 0.15) is 11.6 Å². The number of ether oxygens (including phenoxy) is 1. The van der Waals surface area contributed by atoms with Crippen LogP contribution in [0.25, 0.3) is 0 Å². The highest BCUT2D eigenvalue weighted by Gasteiger charge is 2.13. The maximum Gasteiger partial charge on any atom is 0.163 e. The molecule has 2 atom stereocenters. The van der Waals surface area contributed by atoms with Gasteiger partial charge in [0.15, 0.2) is 5.78 Å². The number of morpholine rings is 1. The van der Waals surface area contributed by atoms with Crippen LogP contribution in [0.5, 0.6) is 0 Å². The molecule has 0 saturated carbocycles. The van der Waals surface area contributed by atoms with Crippen molar-refractivity contribution in [3.8, 4) is 0 Å². The van der Waals surface area contributed by atoms with Crippen molar-refractivity contribution in [3.63, 3.8) is 0 Å². The third-order valence-corrected chi connectivity index (χ3v) is 5.74. The number of nitrogens with zero attached hydrogens (tertiary/aromatic N) is 3. The van der Waals surface area contributed by atoms with Crippen LogP contribution in [-0.2, 0) is 4.74 Å². The Hall–Kier alpha value is -2.77. The van der Waals surface area contributed by atoms with Crippen LogP contribution in [0.1, 0.15) is 70.4 Å². The third kappa shape index (κ3) is 10.2. The summed E-state index contributed by atoms with van der Waals surface area (Å²) in [4.78, 5) is 22.8. The fraction of sp³-hybridized carbons (Fsp3) is 0.536. The first-order chi connectivity index (χ1) is 16.4. The van der Waals surface area contributed by atoms with Gasteiger partial charge in [0.25, 0.3) is 0 Å². The number of anilines is 3. The van der Waals surface area contributed by atoms with Crippen LogP contribution >= 0.6 is 0 Å². The highest BCUT2D eigenvalue weighted by molar-refractivity contribution is 5.99. The molecule has 0 radical (unpaired) electrons. The first-order valence-electron chi connectivity index (χ1n) is 12.3. The fourth-order valence-corrected chi connectivity index (χ4v) is 3.71. The Morgan fingerprint density at radius 1 is 1.23 bits per heavy atom. The molecule has 35 heavy (non-hydrogen) atoms. The third-order valence-electron chi connectivity index (χ3n) is 5.74. The summed E-state index contributed by atoms with van der Waals surface area (Å²) < 4.78 is 5.35. The minimum absolute atomic E-state index is 0. The summed E-state index contributed by atoms with van der Waals surface area (Å²) in [5, 5.41) is 6.69. The van der Waals surface area contributed by atoms with Crippen molar-refractivity contribution in [2.24, 2.45) is 0 Å². The second-order valence-corrected chi connectivity index (χ2v) is 8.62. The molecular formula is C28H45N5O2. The Kier molecular flexibility index (Phi) is 13.8. The van der Waals surface area contributed by atoms with E-state index in [1.165, 1.54) is 26.2 Å².